The van der Waals surface area contributed by atoms with E-state index in [4.69, 9.17) is 4.74 Å². The number of esters is 1. The van der Waals surface area contributed by atoms with E-state index in [1.165, 1.54) is 0 Å². The molecular formula is C10H13KO2. The predicted octanol–water partition coefficient (Wildman–Crippen LogP) is -0.632. The van der Waals surface area contributed by atoms with Crippen LogP contribution in [-0.2, 0) is 4.74 Å². The second-order valence-corrected chi connectivity index (χ2v) is 2.82. The third-order valence-corrected chi connectivity index (χ3v) is 1.35. The molecule has 0 aliphatic carbocycles. The molecule has 0 saturated heterocycles. The minimum absolute atomic E-state index is 0. The normalized spacial score (nSPS) is 9.15. The van der Waals surface area contributed by atoms with Gasteiger partial charge in [-0.05, 0) is 26.0 Å². The monoisotopic (exact) mass is 204 g/mol. The van der Waals surface area contributed by atoms with Crippen LogP contribution in [0.4, 0.5) is 0 Å². The molecule has 1 rings (SSSR count). The first-order chi connectivity index (χ1) is 5.70. The van der Waals surface area contributed by atoms with Crippen LogP contribution in [0.2, 0.25) is 0 Å². The second kappa shape index (κ2) is 6.73. The van der Waals surface area contributed by atoms with Gasteiger partial charge in [0.1, 0.15) is 0 Å². The van der Waals surface area contributed by atoms with Crippen LogP contribution < -0.4 is 51.4 Å². The van der Waals surface area contributed by atoms with E-state index in [1.54, 1.807) is 12.1 Å². The standard InChI is InChI=1S/C10H12O2.K.H/c1-8(2)12-10(11)9-6-4-3-5-7-9;;/h3-8H,1-2H3;;/q;+1;-1. The molecule has 0 fully saturated rings. The fourth-order valence-corrected chi connectivity index (χ4v) is 0.856. The zero-order chi connectivity index (χ0) is 8.97. The van der Waals surface area contributed by atoms with E-state index in [9.17, 15) is 4.79 Å². The Morgan fingerprint density at radius 2 is 1.85 bits per heavy atom. The summed E-state index contributed by atoms with van der Waals surface area (Å²) < 4.78 is 5.00. The van der Waals surface area contributed by atoms with Gasteiger partial charge in [0.25, 0.3) is 0 Å². The molecule has 3 heteroatoms. The molecule has 0 amide bonds. The molecule has 0 unspecified atom stereocenters. The summed E-state index contributed by atoms with van der Waals surface area (Å²) in [7, 11) is 0. The maximum atomic E-state index is 11.2. The SMILES string of the molecule is CC(C)OC(=O)c1ccccc1.[H-].[K+]. The van der Waals surface area contributed by atoms with Gasteiger partial charge in [0, 0.05) is 0 Å². The molecule has 0 aliphatic rings. The van der Waals surface area contributed by atoms with Crippen molar-refractivity contribution in [2.45, 2.75) is 20.0 Å². The summed E-state index contributed by atoms with van der Waals surface area (Å²) >= 11 is 0. The van der Waals surface area contributed by atoms with Crippen molar-refractivity contribution < 1.29 is 62.3 Å². The Balaban J connectivity index is 0. The van der Waals surface area contributed by atoms with Crippen LogP contribution in [-0.4, -0.2) is 12.1 Å². The van der Waals surface area contributed by atoms with Crippen LogP contribution in [0.15, 0.2) is 30.3 Å². The molecule has 13 heavy (non-hydrogen) atoms. The van der Waals surface area contributed by atoms with Crippen molar-refractivity contribution >= 4 is 5.97 Å². The van der Waals surface area contributed by atoms with Gasteiger partial charge in [-0.3, -0.25) is 0 Å². The second-order valence-electron chi connectivity index (χ2n) is 2.82. The summed E-state index contributed by atoms with van der Waals surface area (Å²) in [6, 6.07) is 8.98. The molecule has 0 bridgehead atoms. The first-order valence-corrected chi connectivity index (χ1v) is 3.96. The average Bonchev–Trinajstić information content (AvgIpc) is 2.05. The van der Waals surface area contributed by atoms with Crippen LogP contribution in [0.5, 0.6) is 0 Å². The Morgan fingerprint density at radius 1 is 1.31 bits per heavy atom. The topological polar surface area (TPSA) is 26.3 Å². The van der Waals surface area contributed by atoms with Crippen LogP contribution in [0.1, 0.15) is 25.6 Å². The summed E-state index contributed by atoms with van der Waals surface area (Å²) in [6.07, 6.45) is -0.0577. The number of ether oxygens (including phenoxy) is 1. The van der Waals surface area contributed by atoms with Gasteiger partial charge in [0.05, 0.1) is 11.7 Å². The number of benzene rings is 1. The molecule has 0 atom stereocenters. The fraction of sp³-hybridized carbons (Fsp3) is 0.300. The van der Waals surface area contributed by atoms with Gasteiger partial charge >= 0.3 is 57.4 Å². The first-order valence-electron chi connectivity index (χ1n) is 3.96. The van der Waals surface area contributed by atoms with Gasteiger partial charge < -0.3 is 6.16 Å². The Labute approximate surface area is 123 Å². The maximum Gasteiger partial charge on any atom is 1.00 e. The number of rotatable bonds is 2. The Hall–Kier alpha value is 0.326. The zero-order valence-electron chi connectivity index (χ0n) is 9.28. The number of carbonyl (C=O) groups excluding carboxylic acids is 1. The van der Waals surface area contributed by atoms with Crippen molar-refractivity contribution in [2.75, 3.05) is 0 Å². The summed E-state index contributed by atoms with van der Waals surface area (Å²) in [4.78, 5) is 11.2. The summed E-state index contributed by atoms with van der Waals surface area (Å²) in [6.45, 7) is 3.67. The van der Waals surface area contributed by atoms with Gasteiger partial charge in [0.2, 0.25) is 0 Å². The predicted molar refractivity (Wildman–Crippen MR) is 48.1 cm³/mol. The van der Waals surface area contributed by atoms with E-state index in [0.29, 0.717) is 5.56 Å². The van der Waals surface area contributed by atoms with Crippen molar-refractivity contribution in [1.82, 2.24) is 0 Å². The molecule has 1 aromatic carbocycles. The van der Waals surface area contributed by atoms with Gasteiger partial charge in [-0.2, -0.15) is 0 Å². The van der Waals surface area contributed by atoms with Crippen LogP contribution >= 0.6 is 0 Å². The molecule has 0 aliphatic heterocycles. The largest absolute Gasteiger partial charge is 1.00 e. The van der Waals surface area contributed by atoms with Gasteiger partial charge in [-0.1, -0.05) is 18.2 Å². The average molecular weight is 204 g/mol. The molecule has 0 spiro atoms. The number of carbonyl (C=O) groups is 1. The molecule has 2 nitrogen and oxygen atoms in total. The van der Waals surface area contributed by atoms with Crippen molar-refractivity contribution in [1.29, 1.82) is 0 Å². The quantitative estimate of drug-likeness (QED) is 0.473. The van der Waals surface area contributed by atoms with E-state index in [0.717, 1.165) is 0 Å². The molecule has 1 aromatic rings. The van der Waals surface area contributed by atoms with Crippen molar-refractivity contribution in [3.05, 3.63) is 35.9 Å². The first kappa shape index (κ1) is 13.3. The maximum absolute atomic E-state index is 11.2. The van der Waals surface area contributed by atoms with Gasteiger partial charge in [-0.25, -0.2) is 4.79 Å². The van der Waals surface area contributed by atoms with E-state index in [-0.39, 0.29) is 64.9 Å². The van der Waals surface area contributed by atoms with Crippen LogP contribution in [0.25, 0.3) is 0 Å². The Morgan fingerprint density at radius 3 is 2.31 bits per heavy atom. The third-order valence-electron chi connectivity index (χ3n) is 1.35. The van der Waals surface area contributed by atoms with E-state index in [1.807, 2.05) is 32.0 Å². The van der Waals surface area contributed by atoms with Crippen molar-refractivity contribution in [2.24, 2.45) is 0 Å². The minimum atomic E-state index is -0.259. The molecular weight excluding hydrogens is 191 g/mol. The van der Waals surface area contributed by atoms with E-state index in [2.05, 4.69) is 0 Å². The molecule has 0 aromatic heterocycles. The summed E-state index contributed by atoms with van der Waals surface area (Å²) in [5, 5.41) is 0. The molecule has 0 saturated carbocycles. The van der Waals surface area contributed by atoms with Crippen molar-refractivity contribution in [3.63, 3.8) is 0 Å². The molecule has 66 valence electrons. The minimum Gasteiger partial charge on any atom is -1.00 e. The van der Waals surface area contributed by atoms with E-state index >= 15 is 0 Å². The Kier molecular flexibility index (Phi) is 6.90. The molecule has 0 radical (unpaired) electrons. The number of hydrogen-bond donors (Lipinski definition) is 0. The number of hydrogen-bond acceptors (Lipinski definition) is 2. The van der Waals surface area contributed by atoms with Gasteiger partial charge in [0.15, 0.2) is 0 Å². The zero-order valence-corrected chi connectivity index (χ0v) is 11.4. The van der Waals surface area contributed by atoms with Crippen LogP contribution in [0.3, 0.4) is 0 Å². The third kappa shape index (κ3) is 4.93. The van der Waals surface area contributed by atoms with Gasteiger partial charge in [-0.15, -0.1) is 0 Å². The van der Waals surface area contributed by atoms with E-state index < -0.39 is 0 Å². The molecule has 0 heterocycles. The fourth-order valence-electron chi connectivity index (χ4n) is 0.856. The smallest absolute Gasteiger partial charge is 1.00 e. The van der Waals surface area contributed by atoms with Crippen molar-refractivity contribution in [3.8, 4) is 0 Å². The summed E-state index contributed by atoms with van der Waals surface area (Å²) in [5.41, 5.74) is 0.603. The Bertz CT molecular complexity index is 262. The summed E-state index contributed by atoms with van der Waals surface area (Å²) in [5.74, 6) is -0.259. The van der Waals surface area contributed by atoms with Crippen LogP contribution in [0, 0.1) is 0 Å². The molecule has 0 N–H and O–H groups in total.